The molecule has 0 atom stereocenters. The fraction of sp³-hybridized carbons (Fsp3) is 0.200. The van der Waals surface area contributed by atoms with Crippen molar-refractivity contribution in [3.63, 3.8) is 0 Å². The number of aromatic nitrogens is 1. The van der Waals surface area contributed by atoms with Gasteiger partial charge in [-0.05, 0) is 23.8 Å². The number of carbonyl (C=O) groups excluding carboxylic acids is 1. The molecule has 1 aromatic heterocycles. The van der Waals surface area contributed by atoms with Gasteiger partial charge in [0.05, 0.1) is 12.3 Å². The number of halogens is 1. The number of hydrogen-bond donors (Lipinski definition) is 2. The van der Waals surface area contributed by atoms with Gasteiger partial charge in [-0.3, -0.25) is 4.79 Å². The van der Waals surface area contributed by atoms with Gasteiger partial charge in [0, 0.05) is 19.4 Å². The summed E-state index contributed by atoms with van der Waals surface area (Å²) >= 11 is 0. The van der Waals surface area contributed by atoms with Crippen molar-refractivity contribution in [3.8, 4) is 5.88 Å². The van der Waals surface area contributed by atoms with Crippen LogP contribution in [0.2, 0.25) is 0 Å². The highest BCUT2D eigenvalue weighted by Gasteiger charge is 2.05. The van der Waals surface area contributed by atoms with E-state index in [1.807, 2.05) is 0 Å². The molecule has 0 saturated carbocycles. The Balaban J connectivity index is 1.93. The third kappa shape index (κ3) is 4.45. The van der Waals surface area contributed by atoms with E-state index in [1.54, 1.807) is 24.3 Å². The second-order valence-corrected chi connectivity index (χ2v) is 4.49. The van der Waals surface area contributed by atoms with Crippen molar-refractivity contribution in [2.45, 2.75) is 13.3 Å². The molecule has 0 aliphatic carbocycles. The molecule has 0 aliphatic heterocycles. The van der Waals surface area contributed by atoms with Crippen LogP contribution in [0.3, 0.4) is 0 Å². The first-order valence-corrected chi connectivity index (χ1v) is 6.46. The van der Waals surface area contributed by atoms with Crippen LogP contribution in [0.5, 0.6) is 5.88 Å². The van der Waals surface area contributed by atoms with Gasteiger partial charge in [-0.25, -0.2) is 4.39 Å². The van der Waals surface area contributed by atoms with Crippen LogP contribution in [-0.4, -0.2) is 17.5 Å². The fourth-order valence-electron chi connectivity index (χ4n) is 1.72. The summed E-state index contributed by atoms with van der Waals surface area (Å²) in [7, 11) is 0. The number of nitrogens with two attached hydrogens (primary N) is 1. The number of hydrogen-bond acceptors (Lipinski definition) is 4. The van der Waals surface area contributed by atoms with Gasteiger partial charge in [0.15, 0.2) is 5.82 Å². The van der Waals surface area contributed by atoms with E-state index in [1.165, 1.54) is 19.1 Å². The number of rotatable bonds is 5. The summed E-state index contributed by atoms with van der Waals surface area (Å²) in [4.78, 5) is 15.1. The molecule has 6 heteroatoms. The molecule has 0 aliphatic rings. The lowest BCUT2D eigenvalue weighted by molar-refractivity contribution is -0.114. The Hall–Kier alpha value is -2.63. The Morgan fingerprint density at radius 3 is 2.67 bits per heavy atom. The van der Waals surface area contributed by atoms with Crippen molar-refractivity contribution in [3.05, 3.63) is 47.8 Å². The van der Waals surface area contributed by atoms with Gasteiger partial charge in [0.25, 0.3) is 0 Å². The summed E-state index contributed by atoms with van der Waals surface area (Å²) in [5.74, 6) is 0.134. The number of benzene rings is 1. The average molecular weight is 289 g/mol. The first-order valence-electron chi connectivity index (χ1n) is 6.46. The SMILES string of the molecule is CC(=O)Nc1nc(OCCc2ccc(F)cc2)ccc1N. The molecule has 0 bridgehead atoms. The van der Waals surface area contributed by atoms with Crippen LogP contribution in [0.1, 0.15) is 12.5 Å². The molecule has 110 valence electrons. The second-order valence-electron chi connectivity index (χ2n) is 4.49. The predicted molar refractivity (Wildman–Crippen MR) is 78.6 cm³/mol. The quantitative estimate of drug-likeness (QED) is 0.886. The average Bonchev–Trinajstić information content (AvgIpc) is 2.44. The Labute approximate surface area is 121 Å². The number of nitrogen functional groups attached to an aromatic ring is 1. The van der Waals surface area contributed by atoms with E-state index >= 15 is 0 Å². The number of nitrogens with one attached hydrogen (secondary N) is 1. The normalized spacial score (nSPS) is 10.2. The molecule has 2 aromatic rings. The molecule has 2 rings (SSSR count). The number of carbonyl (C=O) groups is 1. The van der Waals surface area contributed by atoms with Crippen molar-refractivity contribution in [2.75, 3.05) is 17.7 Å². The number of amides is 1. The number of anilines is 2. The molecule has 0 radical (unpaired) electrons. The molecular formula is C15H16FN3O2. The zero-order valence-electron chi connectivity index (χ0n) is 11.6. The van der Waals surface area contributed by atoms with Crippen LogP contribution < -0.4 is 15.8 Å². The molecule has 1 aromatic carbocycles. The molecule has 0 fully saturated rings. The van der Waals surface area contributed by atoms with Gasteiger partial charge in [0.1, 0.15) is 5.82 Å². The molecule has 0 saturated heterocycles. The zero-order chi connectivity index (χ0) is 15.2. The summed E-state index contributed by atoms with van der Waals surface area (Å²) in [6, 6.07) is 9.48. The van der Waals surface area contributed by atoms with Crippen LogP contribution in [0.4, 0.5) is 15.9 Å². The van der Waals surface area contributed by atoms with Crippen LogP contribution in [0.25, 0.3) is 0 Å². The van der Waals surface area contributed by atoms with E-state index in [2.05, 4.69) is 10.3 Å². The maximum atomic E-state index is 12.8. The van der Waals surface area contributed by atoms with Crippen LogP contribution >= 0.6 is 0 Å². The van der Waals surface area contributed by atoms with Crippen LogP contribution in [0.15, 0.2) is 36.4 Å². The molecule has 5 nitrogen and oxygen atoms in total. The van der Waals surface area contributed by atoms with Crippen molar-refractivity contribution >= 4 is 17.4 Å². The second kappa shape index (κ2) is 6.69. The van der Waals surface area contributed by atoms with E-state index in [4.69, 9.17) is 10.5 Å². The summed E-state index contributed by atoms with van der Waals surface area (Å²) in [5, 5.41) is 2.53. The molecule has 0 unspecified atom stereocenters. The third-order valence-corrected chi connectivity index (χ3v) is 2.75. The summed E-state index contributed by atoms with van der Waals surface area (Å²) in [6.45, 7) is 1.77. The van der Waals surface area contributed by atoms with Gasteiger partial charge in [-0.15, -0.1) is 0 Å². The van der Waals surface area contributed by atoms with Crippen LogP contribution in [0, 0.1) is 5.82 Å². The van der Waals surface area contributed by atoms with Gasteiger partial charge in [-0.2, -0.15) is 4.98 Å². The van der Waals surface area contributed by atoms with Gasteiger partial charge in [0.2, 0.25) is 11.8 Å². The Bertz CT molecular complexity index is 629. The van der Waals surface area contributed by atoms with E-state index in [-0.39, 0.29) is 17.5 Å². The van der Waals surface area contributed by atoms with E-state index < -0.39 is 0 Å². The topological polar surface area (TPSA) is 77.2 Å². The Morgan fingerprint density at radius 1 is 1.29 bits per heavy atom. The molecule has 0 spiro atoms. The maximum Gasteiger partial charge on any atom is 0.222 e. The van der Waals surface area contributed by atoms with Crippen molar-refractivity contribution < 1.29 is 13.9 Å². The van der Waals surface area contributed by atoms with Crippen LogP contribution in [-0.2, 0) is 11.2 Å². The van der Waals surface area contributed by atoms with E-state index in [0.717, 1.165) is 5.56 Å². The van der Waals surface area contributed by atoms with Gasteiger partial charge in [-0.1, -0.05) is 12.1 Å². The van der Waals surface area contributed by atoms with E-state index in [0.29, 0.717) is 24.6 Å². The van der Waals surface area contributed by atoms with Crippen molar-refractivity contribution in [1.82, 2.24) is 4.98 Å². The first kappa shape index (κ1) is 14.8. The fourth-order valence-corrected chi connectivity index (χ4v) is 1.72. The highest BCUT2D eigenvalue weighted by molar-refractivity contribution is 5.90. The minimum atomic E-state index is -0.264. The highest BCUT2D eigenvalue weighted by atomic mass is 19.1. The summed E-state index contributed by atoms with van der Waals surface area (Å²) in [6.07, 6.45) is 0.627. The highest BCUT2D eigenvalue weighted by Crippen LogP contribution is 2.19. The molecule has 21 heavy (non-hydrogen) atoms. The lowest BCUT2D eigenvalue weighted by Gasteiger charge is -2.09. The molecular weight excluding hydrogens is 273 g/mol. The molecule has 1 heterocycles. The lowest BCUT2D eigenvalue weighted by Crippen LogP contribution is -2.11. The molecule has 1 amide bonds. The maximum absolute atomic E-state index is 12.8. The smallest absolute Gasteiger partial charge is 0.222 e. The predicted octanol–water partition coefficient (Wildman–Crippen LogP) is 2.38. The summed E-state index contributed by atoms with van der Waals surface area (Å²) in [5.41, 5.74) is 7.04. The summed E-state index contributed by atoms with van der Waals surface area (Å²) < 4.78 is 18.3. The lowest BCUT2D eigenvalue weighted by atomic mass is 10.2. The minimum Gasteiger partial charge on any atom is -0.477 e. The zero-order valence-corrected chi connectivity index (χ0v) is 11.6. The third-order valence-electron chi connectivity index (χ3n) is 2.75. The standard InChI is InChI=1S/C15H16FN3O2/c1-10(20)18-15-13(17)6-7-14(19-15)21-9-8-11-2-4-12(16)5-3-11/h2-7H,8-9,17H2,1H3,(H,18,19,20). The monoisotopic (exact) mass is 289 g/mol. The number of pyridine rings is 1. The molecule has 3 N–H and O–H groups in total. The Morgan fingerprint density at radius 2 is 2.00 bits per heavy atom. The van der Waals surface area contributed by atoms with Gasteiger partial charge < -0.3 is 15.8 Å². The van der Waals surface area contributed by atoms with E-state index in [9.17, 15) is 9.18 Å². The van der Waals surface area contributed by atoms with Crippen molar-refractivity contribution in [1.29, 1.82) is 0 Å². The number of ether oxygens (including phenoxy) is 1. The first-order chi connectivity index (χ1) is 10.0. The van der Waals surface area contributed by atoms with Crippen molar-refractivity contribution in [2.24, 2.45) is 0 Å². The number of nitrogens with zero attached hydrogens (tertiary/aromatic N) is 1. The Kier molecular flexibility index (Phi) is 4.71. The minimum absolute atomic E-state index is 0.252. The largest absolute Gasteiger partial charge is 0.477 e. The van der Waals surface area contributed by atoms with Gasteiger partial charge >= 0.3 is 0 Å².